The molecule has 1 amide bonds. The normalized spacial score (nSPS) is 21.4. The molecule has 31 heavy (non-hydrogen) atoms. The first-order chi connectivity index (χ1) is 15.0. The van der Waals surface area contributed by atoms with Crippen molar-refractivity contribution in [3.05, 3.63) is 84.1 Å². The standard InChI is InChI=1S/C26H26N4O/c1-26(2)20-14-13-19(22(26)15-20)17-27-28-25(31)24-16-23(18-9-5-3-6-10-18)29-30(24)21-11-7-4-8-12-21/h3-13,16-17,20,22H,14-15H2,1-2H3,(H,28,31)/b27-17-/t20-,22-/m1/s1. The molecule has 5 nitrogen and oxygen atoms in total. The van der Waals surface area contributed by atoms with Crippen molar-refractivity contribution in [3.8, 4) is 16.9 Å². The maximum Gasteiger partial charge on any atom is 0.290 e. The zero-order valence-corrected chi connectivity index (χ0v) is 17.8. The molecule has 5 heteroatoms. The number of hydrogen-bond acceptors (Lipinski definition) is 3. The predicted octanol–water partition coefficient (Wildman–Crippen LogP) is 5.25. The molecular formula is C26H26N4O. The third kappa shape index (κ3) is 3.50. The Morgan fingerprint density at radius 3 is 2.52 bits per heavy atom. The minimum absolute atomic E-state index is 0.281. The van der Waals surface area contributed by atoms with Crippen LogP contribution in [0.5, 0.6) is 0 Å². The minimum Gasteiger partial charge on any atom is -0.266 e. The van der Waals surface area contributed by atoms with E-state index in [4.69, 9.17) is 5.10 Å². The van der Waals surface area contributed by atoms with Crippen LogP contribution in [0.15, 0.2) is 83.5 Å². The van der Waals surface area contributed by atoms with E-state index in [0.717, 1.165) is 29.3 Å². The molecule has 2 aromatic carbocycles. The van der Waals surface area contributed by atoms with Crippen molar-refractivity contribution < 1.29 is 4.79 Å². The van der Waals surface area contributed by atoms with Crippen LogP contribution < -0.4 is 5.43 Å². The maximum atomic E-state index is 13.0. The summed E-state index contributed by atoms with van der Waals surface area (Å²) in [6.07, 6.45) is 6.41. The molecule has 0 radical (unpaired) electrons. The van der Waals surface area contributed by atoms with Gasteiger partial charge in [0, 0.05) is 5.56 Å². The molecule has 1 saturated carbocycles. The highest BCUT2D eigenvalue weighted by atomic mass is 16.2. The summed E-state index contributed by atoms with van der Waals surface area (Å²) >= 11 is 0. The zero-order chi connectivity index (χ0) is 21.4. The Hall–Kier alpha value is -3.47. The van der Waals surface area contributed by atoms with Crippen LogP contribution >= 0.6 is 0 Å². The van der Waals surface area contributed by atoms with Gasteiger partial charge in [0.2, 0.25) is 0 Å². The fourth-order valence-corrected chi connectivity index (χ4v) is 4.83. The lowest BCUT2D eigenvalue weighted by Gasteiger charge is -2.55. The molecule has 0 unspecified atom stereocenters. The number of hydrazone groups is 1. The summed E-state index contributed by atoms with van der Waals surface area (Å²) in [7, 11) is 0. The fourth-order valence-electron chi connectivity index (χ4n) is 4.83. The largest absolute Gasteiger partial charge is 0.290 e. The van der Waals surface area contributed by atoms with Gasteiger partial charge in [0.15, 0.2) is 0 Å². The fraction of sp³-hybridized carbons (Fsp3) is 0.269. The van der Waals surface area contributed by atoms with Crippen LogP contribution in [0.3, 0.4) is 0 Å². The number of hydrogen-bond donors (Lipinski definition) is 1. The van der Waals surface area contributed by atoms with E-state index in [1.54, 1.807) is 4.68 Å². The molecule has 0 aliphatic heterocycles. The van der Waals surface area contributed by atoms with Gasteiger partial charge in [-0.05, 0) is 53.9 Å². The minimum atomic E-state index is -0.281. The van der Waals surface area contributed by atoms with E-state index in [9.17, 15) is 4.79 Å². The van der Waals surface area contributed by atoms with Gasteiger partial charge in [-0.15, -0.1) is 0 Å². The van der Waals surface area contributed by atoms with Gasteiger partial charge < -0.3 is 0 Å². The van der Waals surface area contributed by atoms with Crippen molar-refractivity contribution in [1.29, 1.82) is 0 Å². The Kier molecular flexibility index (Phi) is 4.81. The van der Waals surface area contributed by atoms with Crippen LogP contribution in [0, 0.1) is 17.3 Å². The molecule has 156 valence electrons. The summed E-state index contributed by atoms with van der Waals surface area (Å²) in [5.74, 6) is 1.03. The van der Waals surface area contributed by atoms with Crippen molar-refractivity contribution >= 4 is 12.1 Å². The number of allylic oxidation sites excluding steroid dienone is 2. The van der Waals surface area contributed by atoms with Crippen molar-refractivity contribution in [2.45, 2.75) is 26.7 Å². The highest BCUT2D eigenvalue weighted by Gasteiger charge is 2.50. The number of nitrogens with one attached hydrogen (secondary N) is 1. The van der Waals surface area contributed by atoms with Crippen LogP contribution in [0.2, 0.25) is 0 Å². The smallest absolute Gasteiger partial charge is 0.266 e. The van der Waals surface area contributed by atoms with E-state index in [-0.39, 0.29) is 5.91 Å². The van der Waals surface area contributed by atoms with Crippen LogP contribution in [-0.2, 0) is 0 Å². The molecule has 2 bridgehead atoms. The number of carbonyl (C=O) groups is 1. The average Bonchev–Trinajstić information content (AvgIpc) is 3.26. The van der Waals surface area contributed by atoms with Gasteiger partial charge in [-0.3, -0.25) is 4.79 Å². The quantitative estimate of drug-likeness (QED) is 0.461. The average molecular weight is 411 g/mol. The van der Waals surface area contributed by atoms with Gasteiger partial charge in [-0.25, -0.2) is 10.1 Å². The Balaban J connectivity index is 1.40. The van der Waals surface area contributed by atoms with Gasteiger partial charge in [0.1, 0.15) is 5.69 Å². The summed E-state index contributed by atoms with van der Waals surface area (Å²) in [5.41, 5.74) is 7.26. The number of carbonyl (C=O) groups excluding carboxylic acids is 1. The molecule has 3 aliphatic rings. The molecule has 1 fully saturated rings. The molecule has 1 heterocycles. The lowest BCUT2D eigenvalue weighted by atomic mass is 9.49. The molecular weight excluding hydrogens is 384 g/mol. The van der Waals surface area contributed by atoms with E-state index >= 15 is 0 Å². The van der Waals surface area contributed by atoms with Gasteiger partial charge in [-0.2, -0.15) is 10.2 Å². The molecule has 3 aliphatic carbocycles. The van der Waals surface area contributed by atoms with Gasteiger partial charge in [-0.1, -0.05) is 68.5 Å². The summed E-state index contributed by atoms with van der Waals surface area (Å²) in [6, 6.07) is 21.4. The molecule has 6 rings (SSSR count). The van der Waals surface area contributed by atoms with Crippen LogP contribution in [0.1, 0.15) is 37.2 Å². The van der Waals surface area contributed by atoms with Crippen molar-refractivity contribution in [2.24, 2.45) is 22.4 Å². The first kappa shape index (κ1) is 19.5. The van der Waals surface area contributed by atoms with E-state index < -0.39 is 0 Å². The van der Waals surface area contributed by atoms with Crippen LogP contribution in [0.4, 0.5) is 0 Å². The van der Waals surface area contributed by atoms with Gasteiger partial charge in [0.25, 0.3) is 5.91 Å². The zero-order valence-electron chi connectivity index (χ0n) is 17.8. The summed E-state index contributed by atoms with van der Waals surface area (Å²) < 4.78 is 1.67. The third-order valence-electron chi connectivity index (χ3n) is 6.90. The number of nitrogens with zero attached hydrogens (tertiary/aromatic N) is 3. The Labute approximate surface area is 182 Å². The SMILES string of the molecule is CC1(C)[C@@H]2CC=C(/C=N\NC(=O)c3cc(-c4ccccc4)nn3-c3ccccc3)[C@H]1C2. The van der Waals surface area contributed by atoms with E-state index in [1.807, 2.05) is 72.9 Å². The van der Waals surface area contributed by atoms with E-state index in [0.29, 0.717) is 17.0 Å². The molecule has 0 saturated heterocycles. The lowest BCUT2D eigenvalue weighted by Crippen LogP contribution is -2.48. The number of aromatic nitrogens is 2. The van der Waals surface area contributed by atoms with Gasteiger partial charge >= 0.3 is 0 Å². The summed E-state index contributed by atoms with van der Waals surface area (Å²) in [4.78, 5) is 13.0. The number of rotatable bonds is 5. The van der Waals surface area contributed by atoms with Crippen LogP contribution in [-0.4, -0.2) is 21.9 Å². The molecule has 1 aromatic heterocycles. The second-order valence-corrected chi connectivity index (χ2v) is 8.97. The first-order valence-corrected chi connectivity index (χ1v) is 10.8. The monoisotopic (exact) mass is 410 g/mol. The second-order valence-electron chi connectivity index (χ2n) is 8.97. The molecule has 3 aromatic rings. The Morgan fingerprint density at radius 2 is 1.84 bits per heavy atom. The predicted molar refractivity (Wildman–Crippen MR) is 123 cm³/mol. The van der Waals surface area contributed by atoms with Crippen molar-refractivity contribution in [1.82, 2.24) is 15.2 Å². The number of benzene rings is 2. The summed E-state index contributed by atoms with van der Waals surface area (Å²) in [5, 5.41) is 8.99. The van der Waals surface area contributed by atoms with E-state index in [1.165, 1.54) is 12.0 Å². The summed E-state index contributed by atoms with van der Waals surface area (Å²) in [6.45, 7) is 4.66. The number of fused-ring (bicyclic) bond motifs is 1. The van der Waals surface area contributed by atoms with Crippen molar-refractivity contribution in [2.75, 3.05) is 0 Å². The Bertz CT molecular complexity index is 1160. The second kappa shape index (κ2) is 7.65. The molecule has 1 N–H and O–H groups in total. The topological polar surface area (TPSA) is 59.3 Å². The molecule has 2 atom stereocenters. The van der Waals surface area contributed by atoms with Gasteiger partial charge in [0.05, 0.1) is 17.6 Å². The first-order valence-electron chi connectivity index (χ1n) is 10.8. The Morgan fingerprint density at radius 1 is 1.13 bits per heavy atom. The third-order valence-corrected chi connectivity index (χ3v) is 6.90. The highest BCUT2D eigenvalue weighted by molar-refractivity contribution is 5.95. The van der Waals surface area contributed by atoms with Crippen molar-refractivity contribution in [3.63, 3.8) is 0 Å². The maximum absolute atomic E-state index is 13.0. The lowest BCUT2D eigenvalue weighted by molar-refractivity contribution is -0.00126. The van der Waals surface area contributed by atoms with Crippen LogP contribution in [0.25, 0.3) is 16.9 Å². The van der Waals surface area contributed by atoms with E-state index in [2.05, 4.69) is 30.5 Å². The number of para-hydroxylation sites is 1. The molecule has 0 spiro atoms. The highest BCUT2D eigenvalue weighted by Crippen LogP contribution is 2.58. The number of amides is 1.